The number of ether oxygens (including phenoxy) is 2. The minimum atomic E-state index is -1.13. The van der Waals surface area contributed by atoms with Gasteiger partial charge in [-0.15, -0.1) is 0 Å². The summed E-state index contributed by atoms with van der Waals surface area (Å²) in [6.45, 7) is 6.71. The zero-order valence-electron chi connectivity index (χ0n) is 19.6. The van der Waals surface area contributed by atoms with Gasteiger partial charge in [0.05, 0.1) is 7.11 Å². The number of alkyl carbamates (subject to hydrolysis) is 1. The molecule has 1 aromatic carbocycles. The molecule has 1 rings (SSSR count). The van der Waals surface area contributed by atoms with Crippen molar-refractivity contribution in [2.45, 2.75) is 51.8 Å². The van der Waals surface area contributed by atoms with Gasteiger partial charge in [-0.1, -0.05) is 19.1 Å². The van der Waals surface area contributed by atoms with Gasteiger partial charge in [0.15, 0.2) is 0 Å². The molecule has 0 radical (unpaired) electrons. The number of benzene rings is 1. The highest BCUT2D eigenvalue weighted by Crippen LogP contribution is 2.25. The Morgan fingerprint density at radius 2 is 1.76 bits per heavy atom. The first kappa shape index (κ1) is 28.1. The van der Waals surface area contributed by atoms with Crippen molar-refractivity contribution >= 4 is 36.5 Å². The van der Waals surface area contributed by atoms with Crippen molar-refractivity contribution in [1.29, 1.82) is 0 Å². The molecule has 10 nitrogen and oxygen atoms in total. The first-order valence-corrected chi connectivity index (χ1v) is 11.1. The molecule has 3 amide bonds. The Kier molecular flexibility index (Phi) is 11.0. The lowest BCUT2D eigenvalue weighted by atomic mass is 10.0. The molecule has 1 aromatic rings. The molecule has 184 valence electrons. The van der Waals surface area contributed by atoms with E-state index in [1.54, 1.807) is 20.8 Å². The van der Waals surface area contributed by atoms with E-state index < -0.39 is 41.6 Å². The monoisotopic (exact) mass is 483 g/mol. The second-order valence-corrected chi connectivity index (χ2v) is 8.57. The number of carbonyl (C=O) groups excluding carboxylic acids is 4. The van der Waals surface area contributed by atoms with Crippen LogP contribution in [0.3, 0.4) is 0 Å². The van der Waals surface area contributed by atoms with E-state index >= 15 is 0 Å². The molecule has 3 N–H and O–H groups in total. The molecular weight excluding hydrogens is 450 g/mol. The van der Waals surface area contributed by atoms with Crippen LogP contribution < -0.4 is 10.6 Å². The number of amides is 3. The second-order valence-electron chi connectivity index (χ2n) is 8.20. The van der Waals surface area contributed by atoms with E-state index in [0.29, 0.717) is 12.0 Å². The molecule has 0 spiro atoms. The Morgan fingerprint density at radius 1 is 1.15 bits per heavy atom. The van der Waals surface area contributed by atoms with E-state index in [-0.39, 0.29) is 24.6 Å². The van der Waals surface area contributed by atoms with Crippen molar-refractivity contribution in [3.8, 4) is 5.75 Å². The van der Waals surface area contributed by atoms with E-state index in [1.165, 1.54) is 36.3 Å². The number of hydrogen-bond donors (Lipinski definition) is 4. The number of hydrogen-bond acceptors (Lipinski definition) is 8. The summed E-state index contributed by atoms with van der Waals surface area (Å²) in [4.78, 5) is 51.6. The van der Waals surface area contributed by atoms with Crippen LogP contribution in [0.4, 0.5) is 4.79 Å². The van der Waals surface area contributed by atoms with Crippen LogP contribution >= 0.6 is 12.6 Å². The van der Waals surface area contributed by atoms with Crippen molar-refractivity contribution in [2.24, 2.45) is 0 Å². The Bertz CT molecular complexity index is 824. The van der Waals surface area contributed by atoms with Gasteiger partial charge < -0.3 is 30.1 Å². The average molecular weight is 484 g/mol. The molecule has 0 aliphatic rings. The molecule has 2 atom stereocenters. The average Bonchev–Trinajstić information content (AvgIpc) is 2.74. The number of thiol groups is 1. The number of rotatable bonds is 10. The second kappa shape index (κ2) is 12.9. The smallest absolute Gasteiger partial charge is 0.408 e. The predicted octanol–water partition coefficient (Wildman–Crippen LogP) is 1.78. The summed E-state index contributed by atoms with van der Waals surface area (Å²) in [5, 5.41) is 14.6. The highest BCUT2D eigenvalue weighted by molar-refractivity contribution is 7.80. The van der Waals surface area contributed by atoms with Crippen LogP contribution in [0, 0.1) is 0 Å². The number of nitrogens with one attached hydrogen (secondary N) is 2. The Balaban J connectivity index is 3.28. The van der Waals surface area contributed by atoms with E-state index in [1.807, 2.05) is 6.92 Å². The van der Waals surface area contributed by atoms with Crippen LogP contribution in [0.1, 0.15) is 45.7 Å². The number of esters is 1. The Hall–Kier alpha value is -2.95. The molecule has 2 unspecified atom stereocenters. The molecule has 0 fully saturated rings. The maximum atomic E-state index is 13.4. The number of nitrogens with zero attached hydrogens (tertiary/aromatic N) is 1. The molecule has 11 heteroatoms. The van der Waals surface area contributed by atoms with Crippen LogP contribution in [0.25, 0.3) is 0 Å². The minimum absolute atomic E-state index is 0.0133. The Morgan fingerprint density at radius 3 is 2.24 bits per heavy atom. The topological polar surface area (TPSA) is 134 Å². The third-order valence-corrected chi connectivity index (χ3v) is 4.69. The first-order valence-electron chi connectivity index (χ1n) is 10.5. The van der Waals surface area contributed by atoms with Crippen LogP contribution in [0.5, 0.6) is 5.75 Å². The van der Waals surface area contributed by atoms with Crippen LogP contribution in [-0.4, -0.2) is 71.5 Å². The summed E-state index contributed by atoms with van der Waals surface area (Å²) < 4.78 is 9.79. The molecule has 0 saturated carbocycles. The van der Waals surface area contributed by atoms with E-state index in [4.69, 9.17) is 4.74 Å². The molecule has 0 aliphatic heterocycles. The van der Waals surface area contributed by atoms with Gasteiger partial charge in [-0.3, -0.25) is 14.4 Å². The number of phenolic OH excluding ortho intramolecular Hbond substituents is 1. The number of methoxy groups -OCH3 is 1. The maximum Gasteiger partial charge on any atom is 0.408 e. The third-order valence-electron chi connectivity index (χ3n) is 4.32. The van der Waals surface area contributed by atoms with E-state index in [0.717, 1.165) is 0 Å². The van der Waals surface area contributed by atoms with Gasteiger partial charge >= 0.3 is 12.1 Å². The van der Waals surface area contributed by atoms with Crippen LogP contribution in [0.2, 0.25) is 0 Å². The zero-order valence-corrected chi connectivity index (χ0v) is 20.5. The van der Waals surface area contributed by atoms with Gasteiger partial charge in [0.25, 0.3) is 0 Å². The largest absolute Gasteiger partial charge is 0.508 e. The predicted molar refractivity (Wildman–Crippen MR) is 125 cm³/mol. The molecular formula is C22H33N3O7S. The van der Waals surface area contributed by atoms with Gasteiger partial charge in [0.1, 0.15) is 30.0 Å². The maximum absolute atomic E-state index is 13.4. The molecule has 33 heavy (non-hydrogen) atoms. The fraction of sp³-hybridized carbons (Fsp3) is 0.545. The highest BCUT2D eigenvalue weighted by Gasteiger charge is 2.35. The molecule has 0 aromatic heterocycles. The van der Waals surface area contributed by atoms with Crippen molar-refractivity contribution in [3.63, 3.8) is 0 Å². The van der Waals surface area contributed by atoms with Gasteiger partial charge in [0.2, 0.25) is 11.8 Å². The van der Waals surface area contributed by atoms with Gasteiger partial charge in [0, 0.05) is 12.3 Å². The number of phenols is 1. The highest BCUT2D eigenvalue weighted by atomic mass is 32.1. The Labute approximate surface area is 199 Å². The van der Waals surface area contributed by atoms with Crippen molar-refractivity contribution in [2.75, 3.05) is 26.0 Å². The fourth-order valence-electron chi connectivity index (χ4n) is 2.90. The summed E-state index contributed by atoms with van der Waals surface area (Å²) >= 11 is 4.19. The summed E-state index contributed by atoms with van der Waals surface area (Å²) in [6.07, 6.45) is -0.279. The lowest BCUT2D eigenvalue weighted by Crippen LogP contribution is -2.54. The zero-order chi connectivity index (χ0) is 25.2. The van der Waals surface area contributed by atoms with Gasteiger partial charge in [-0.05, 0) is 44.9 Å². The first-order chi connectivity index (χ1) is 15.4. The van der Waals surface area contributed by atoms with E-state index in [9.17, 15) is 24.3 Å². The SMILES string of the molecule is CCCN(C(=O)C(CS)NC(=O)OC(C)(C)C)C(C(=O)NCC(=O)OC)c1ccc(O)cc1. The van der Waals surface area contributed by atoms with Crippen LogP contribution in [0.15, 0.2) is 24.3 Å². The number of aromatic hydroxyl groups is 1. The standard InChI is InChI=1S/C22H33N3O7S/c1-6-11-25(20(29)16(13-33)24-21(30)32-22(2,3)4)18(14-7-9-15(26)10-8-14)19(28)23-12-17(27)31-5/h7-10,16,18,26,33H,6,11-13H2,1-5H3,(H,23,28)(H,24,30). The molecule has 0 bridgehead atoms. The summed E-state index contributed by atoms with van der Waals surface area (Å²) in [7, 11) is 1.19. The fourth-order valence-corrected chi connectivity index (χ4v) is 3.15. The summed E-state index contributed by atoms with van der Waals surface area (Å²) in [5.74, 6) is -1.88. The van der Waals surface area contributed by atoms with Gasteiger partial charge in [-0.2, -0.15) is 12.6 Å². The molecule has 0 aliphatic carbocycles. The van der Waals surface area contributed by atoms with Crippen molar-refractivity contribution < 1.29 is 33.8 Å². The summed E-state index contributed by atoms with van der Waals surface area (Å²) in [6, 6.07) is 3.59. The summed E-state index contributed by atoms with van der Waals surface area (Å²) in [5.41, 5.74) is -0.355. The minimum Gasteiger partial charge on any atom is -0.508 e. The van der Waals surface area contributed by atoms with E-state index in [2.05, 4.69) is 28.0 Å². The van der Waals surface area contributed by atoms with Crippen molar-refractivity contribution in [3.05, 3.63) is 29.8 Å². The van der Waals surface area contributed by atoms with Gasteiger partial charge in [-0.25, -0.2) is 4.79 Å². The normalized spacial score (nSPS) is 12.8. The number of carbonyl (C=O) groups is 4. The lowest BCUT2D eigenvalue weighted by molar-refractivity contribution is -0.144. The lowest BCUT2D eigenvalue weighted by Gasteiger charge is -2.34. The van der Waals surface area contributed by atoms with Crippen molar-refractivity contribution in [1.82, 2.24) is 15.5 Å². The molecule has 0 heterocycles. The third kappa shape index (κ3) is 9.21. The quantitative estimate of drug-likeness (QED) is 0.294. The van der Waals surface area contributed by atoms with Crippen LogP contribution in [-0.2, 0) is 23.9 Å². The molecule has 0 saturated heterocycles.